The highest BCUT2D eigenvalue weighted by Gasteiger charge is 2.35. The summed E-state index contributed by atoms with van der Waals surface area (Å²) in [5.74, 6) is 0.770. The minimum Gasteiger partial charge on any atom is -0.370 e. The minimum atomic E-state index is -4.35. The predicted octanol–water partition coefficient (Wildman–Crippen LogP) is 5.87. The van der Waals surface area contributed by atoms with Gasteiger partial charge >= 0.3 is 6.18 Å². The van der Waals surface area contributed by atoms with Crippen LogP contribution in [0.3, 0.4) is 0 Å². The van der Waals surface area contributed by atoms with E-state index in [-0.39, 0.29) is 0 Å². The van der Waals surface area contributed by atoms with Crippen molar-refractivity contribution in [2.75, 3.05) is 18.0 Å². The van der Waals surface area contributed by atoms with E-state index in [9.17, 15) is 13.2 Å². The molecule has 0 atom stereocenters. The van der Waals surface area contributed by atoms with Crippen molar-refractivity contribution >= 4 is 5.69 Å². The molecule has 1 heterocycles. The lowest BCUT2D eigenvalue weighted by atomic mass is 10.1. The van der Waals surface area contributed by atoms with E-state index < -0.39 is 11.9 Å². The molecule has 2 rings (SSSR count). The van der Waals surface area contributed by atoms with Gasteiger partial charge in [0.15, 0.2) is 0 Å². The molecule has 5 heteroatoms. The van der Waals surface area contributed by atoms with Crippen LogP contribution in [0.25, 0.3) is 0 Å². The summed E-state index contributed by atoms with van der Waals surface area (Å²) in [6.07, 6.45) is -2.11. The third-order valence-electron chi connectivity index (χ3n) is 4.19. The van der Waals surface area contributed by atoms with Crippen LogP contribution in [-0.2, 0) is 19.1 Å². The minimum absolute atomic E-state index is 0.316. The first-order valence-corrected chi connectivity index (χ1v) is 9.23. The lowest BCUT2D eigenvalue weighted by Crippen LogP contribution is -2.31. The first kappa shape index (κ1) is 20.4. The Labute approximate surface area is 154 Å². The van der Waals surface area contributed by atoms with Gasteiger partial charge in [-0.3, -0.25) is 0 Å². The summed E-state index contributed by atoms with van der Waals surface area (Å²) in [6, 6.07) is 10.9. The van der Waals surface area contributed by atoms with Crippen LogP contribution in [0.2, 0.25) is 0 Å². The van der Waals surface area contributed by atoms with E-state index in [2.05, 4.69) is 32.6 Å². The maximum absolute atomic E-state index is 13.5. The molecular weight excluding hydrogens is 337 g/mol. The molecule has 0 saturated carbocycles. The fourth-order valence-corrected chi connectivity index (χ4v) is 3.15. The summed E-state index contributed by atoms with van der Waals surface area (Å²) in [6.45, 7) is 10.2. The Morgan fingerprint density at radius 1 is 0.962 bits per heavy atom. The van der Waals surface area contributed by atoms with E-state index in [1.165, 1.54) is 10.6 Å². The summed E-state index contributed by atoms with van der Waals surface area (Å²) in [5.41, 5.74) is 1.13. The molecule has 1 aromatic heterocycles. The number of benzene rings is 1. The molecule has 2 aromatic rings. The van der Waals surface area contributed by atoms with E-state index in [0.29, 0.717) is 30.5 Å². The van der Waals surface area contributed by atoms with E-state index in [4.69, 9.17) is 0 Å². The Hall–Kier alpha value is -1.91. The van der Waals surface area contributed by atoms with Crippen LogP contribution in [0.15, 0.2) is 42.6 Å². The molecule has 0 aliphatic carbocycles. The Morgan fingerprint density at radius 3 is 2.04 bits per heavy atom. The van der Waals surface area contributed by atoms with Gasteiger partial charge in [0.1, 0.15) is 5.69 Å². The number of nitrogens with zero attached hydrogens (tertiary/aromatic N) is 2. The van der Waals surface area contributed by atoms with Crippen molar-refractivity contribution in [3.8, 4) is 0 Å². The largest absolute Gasteiger partial charge is 0.431 e. The molecule has 0 aliphatic heterocycles. The Balaban J connectivity index is 2.28. The highest BCUT2D eigenvalue weighted by Crippen LogP contribution is 2.34. The average Bonchev–Trinajstić information content (AvgIpc) is 2.97. The first-order chi connectivity index (χ1) is 12.2. The number of anilines is 1. The molecule has 2 nitrogen and oxygen atoms in total. The normalized spacial score (nSPS) is 12.2. The van der Waals surface area contributed by atoms with Crippen LogP contribution in [0.5, 0.6) is 0 Å². The SMILES string of the molecule is CC(C)CN(CC(C)C)c1cc(C(F)(F)F)n(CCc2ccccc2)c1. The molecule has 0 spiro atoms. The highest BCUT2D eigenvalue weighted by atomic mass is 19.4. The van der Waals surface area contributed by atoms with Crippen molar-refractivity contribution in [1.29, 1.82) is 0 Å². The molecule has 0 fully saturated rings. The van der Waals surface area contributed by atoms with Gasteiger partial charge in [-0.25, -0.2) is 0 Å². The van der Waals surface area contributed by atoms with E-state index in [0.717, 1.165) is 18.7 Å². The van der Waals surface area contributed by atoms with Crippen molar-refractivity contribution in [2.45, 2.75) is 46.8 Å². The second-order valence-corrected chi connectivity index (χ2v) is 7.70. The predicted molar refractivity (Wildman–Crippen MR) is 101 cm³/mol. The van der Waals surface area contributed by atoms with Crippen molar-refractivity contribution < 1.29 is 13.2 Å². The van der Waals surface area contributed by atoms with Crippen molar-refractivity contribution in [3.63, 3.8) is 0 Å². The number of aryl methyl sites for hydroxylation is 2. The fourth-order valence-electron chi connectivity index (χ4n) is 3.15. The average molecular weight is 366 g/mol. The number of aromatic nitrogens is 1. The van der Waals surface area contributed by atoms with E-state index >= 15 is 0 Å². The zero-order valence-corrected chi connectivity index (χ0v) is 16.1. The van der Waals surface area contributed by atoms with Crippen molar-refractivity contribution in [3.05, 3.63) is 53.9 Å². The van der Waals surface area contributed by atoms with Gasteiger partial charge in [0.25, 0.3) is 0 Å². The number of hydrogen-bond acceptors (Lipinski definition) is 1. The van der Waals surface area contributed by atoms with Crippen LogP contribution in [-0.4, -0.2) is 17.7 Å². The van der Waals surface area contributed by atoms with Gasteiger partial charge in [0.2, 0.25) is 0 Å². The van der Waals surface area contributed by atoms with Crippen molar-refractivity contribution in [2.24, 2.45) is 11.8 Å². The Kier molecular flexibility index (Phi) is 6.79. The van der Waals surface area contributed by atoms with Gasteiger partial charge < -0.3 is 9.47 Å². The van der Waals surface area contributed by atoms with Gasteiger partial charge in [-0.05, 0) is 29.9 Å². The molecule has 0 saturated heterocycles. The van der Waals surface area contributed by atoms with Gasteiger partial charge in [0.05, 0.1) is 5.69 Å². The topological polar surface area (TPSA) is 8.17 Å². The van der Waals surface area contributed by atoms with E-state index in [1.807, 2.05) is 30.3 Å². The Morgan fingerprint density at radius 2 is 1.54 bits per heavy atom. The molecule has 0 bridgehead atoms. The Bertz CT molecular complexity index is 662. The molecule has 1 aromatic carbocycles. The summed E-state index contributed by atoms with van der Waals surface area (Å²) in [5, 5.41) is 0. The van der Waals surface area contributed by atoms with Crippen molar-refractivity contribution in [1.82, 2.24) is 4.57 Å². The standard InChI is InChI=1S/C21H29F3N2/c1-16(2)13-26(14-17(3)4)19-12-20(21(22,23)24)25(15-19)11-10-18-8-6-5-7-9-18/h5-9,12,15-17H,10-11,13-14H2,1-4H3. The number of hydrogen-bond donors (Lipinski definition) is 0. The molecule has 0 unspecified atom stereocenters. The zero-order chi connectivity index (χ0) is 19.3. The first-order valence-electron chi connectivity index (χ1n) is 9.23. The summed E-state index contributed by atoms with van der Waals surface area (Å²) < 4.78 is 42.0. The van der Waals surface area contributed by atoms with Crippen LogP contribution in [0, 0.1) is 11.8 Å². The maximum Gasteiger partial charge on any atom is 0.431 e. The molecule has 26 heavy (non-hydrogen) atoms. The number of rotatable bonds is 8. The quantitative estimate of drug-likeness (QED) is 0.567. The van der Waals surface area contributed by atoms with Gasteiger partial charge in [0, 0.05) is 25.8 Å². The number of alkyl halides is 3. The van der Waals surface area contributed by atoms with Gasteiger partial charge in [-0.1, -0.05) is 58.0 Å². The molecule has 144 valence electrons. The smallest absolute Gasteiger partial charge is 0.370 e. The maximum atomic E-state index is 13.5. The fraction of sp³-hybridized carbons (Fsp3) is 0.524. The lowest BCUT2D eigenvalue weighted by Gasteiger charge is -2.27. The zero-order valence-electron chi connectivity index (χ0n) is 16.1. The monoisotopic (exact) mass is 366 g/mol. The summed E-state index contributed by atoms with van der Waals surface area (Å²) in [7, 11) is 0. The second-order valence-electron chi connectivity index (χ2n) is 7.70. The number of halogens is 3. The van der Waals surface area contributed by atoms with Crippen LogP contribution < -0.4 is 4.90 Å². The second kappa shape index (κ2) is 8.65. The molecule has 0 radical (unpaired) electrons. The van der Waals surface area contributed by atoms with Crippen LogP contribution in [0.1, 0.15) is 39.0 Å². The van der Waals surface area contributed by atoms with Gasteiger partial charge in [-0.2, -0.15) is 13.2 Å². The summed E-state index contributed by atoms with van der Waals surface area (Å²) >= 11 is 0. The highest BCUT2D eigenvalue weighted by molar-refractivity contribution is 5.48. The lowest BCUT2D eigenvalue weighted by molar-refractivity contribution is -0.143. The third kappa shape index (κ3) is 5.82. The molecule has 0 aliphatic rings. The molecule has 0 N–H and O–H groups in total. The van der Waals surface area contributed by atoms with Crippen LogP contribution >= 0.6 is 0 Å². The van der Waals surface area contributed by atoms with Gasteiger partial charge in [-0.15, -0.1) is 0 Å². The molecule has 0 amide bonds. The van der Waals surface area contributed by atoms with E-state index in [1.54, 1.807) is 6.20 Å². The summed E-state index contributed by atoms with van der Waals surface area (Å²) in [4.78, 5) is 2.07. The van der Waals surface area contributed by atoms with Crippen LogP contribution in [0.4, 0.5) is 18.9 Å². The molecular formula is C21H29F3N2. The third-order valence-corrected chi connectivity index (χ3v) is 4.19.